The summed E-state index contributed by atoms with van der Waals surface area (Å²) in [7, 11) is -4.20. The first-order chi connectivity index (χ1) is 8.84. The molecule has 1 rings (SSSR count). The van der Waals surface area contributed by atoms with E-state index >= 15 is 0 Å². The zero-order chi connectivity index (χ0) is 14.5. The molecule has 0 amide bonds. The lowest BCUT2D eigenvalue weighted by Crippen LogP contribution is -2.25. The van der Waals surface area contributed by atoms with Gasteiger partial charge in [-0.15, -0.1) is 0 Å². The number of unbranched alkanes of at least 4 members (excludes halogenated alkanes) is 3. The summed E-state index contributed by atoms with van der Waals surface area (Å²) in [6, 6.07) is 0. The van der Waals surface area contributed by atoms with Crippen molar-refractivity contribution in [1.29, 1.82) is 0 Å². The van der Waals surface area contributed by atoms with Gasteiger partial charge in [-0.3, -0.25) is 14.1 Å². The molecule has 1 fully saturated rings. The summed E-state index contributed by atoms with van der Waals surface area (Å²) in [5.74, 6) is -2.06. The summed E-state index contributed by atoms with van der Waals surface area (Å²) in [6.07, 6.45) is 3.75. The molecule has 110 valence electrons. The van der Waals surface area contributed by atoms with Gasteiger partial charge in [0.15, 0.2) is 0 Å². The lowest BCUT2D eigenvalue weighted by atomic mass is 9.98. The molecule has 0 aliphatic carbocycles. The summed E-state index contributed by atoms with van der Waals surface area (Å²) in [5.41, 5.74) is 0. The minimum absolute atomic E-state index is 0.0461. The van der Waals surface area contributed by atoms with Gasteiger partial charge >= 0.3 is 11.9 Å². The Morgan fingerprint density at radius 3 is 2.47 bits per heavy atom. The van der Waals surface area contributed by atoms with E-state index in [0.29, 0.717) is 12.8 Å². The summed E-state index contributed by atoms with van der Waals surface area (Å²) in [5, 5.41) is -0.993. The molecule has 0 aromatic rings. The SMILES string of the molecule is CCCCCCC(CC1CC(=O)OC1=O)S(=O)(=O)O. The maximum Gasteiger partial charge on any atom is 0.317 e. The molecule has 0 radical (unpaired) electrons. The lowest BCUT2D eigenvalue weighted by molar-refractivity contribution is -0.153. The highest BCUT2D eigenvalue weighted by Crippen LogP contribution is 2.26. The predicted octanol–water partition coefficient (Wildman–Crippen LogP) is 1.69. The molecule has 6 nitrogen and oxygen atoms in total. The molecule has 0 spiro atoms. The minimum atomic E-state index is -4.20. The van der Waals surface area contributed by atoms with Crippen molar-refractivity contribution >= 4 is 22.1 Å². The number of hydrogen-bond acceptors (Lipinski definition) is 5. The van der Waals surface area contributed by atoms with Gasteiger partial charge in [0.25, 0.3) is 10.1 Å². The van der Waals surface area contributed by atoms with Crippen molar-refractivity contribution in [2.45, 2.75) is 57.1 Å². The first kappa shape index (κ1) is 16.1. The molecule has 2 atom stereocenters. The first-order valence-corrected chi connectivity index (χ1v) is 8.05. The topological polar surface area (TPSA) is 97.7 Å². The summed E-state index contributed by atoms with van der Waals surface area (Å²) in [6.45, 7) is 2.04. The van der Waals surface area contributed by atoms with Crippen LogP contribution in [0.15, 0.2) is 0 Å². The zero-order valence-corrected chi connectivity index (χ0v) is 11.8. The van der Waals surface area contributed by atoms with Gasteiger partial charge in [0, 0.05) is 0 Å². The third kappa shape index (κ3) is 5.28. The second kappa shape index (κ2) is 7.00. The third-order valence-electron chi connectivity index (χ3n) is 3.31. The Kier molecular flexibility index (Phi) is 5.93. The Balaban J connectivity index is 2.55. The molecule has 1 N–H and O–H groups in total. The van der Waals surface area contributed by atoms with Gasteiger partial charge < -0.3 is 4.74 Å². The van der Waals surface area contributed by atoms with Gasteiger partial charge in [0.05, 0.1) is 17.6 Å². The monoisotopic (exact) mass is 292 g/mol. The van der Waals surface area contributed by atoms with E-state index in [1.54, 1.807) is 0 Å². The second-order valence-corrected chi connectivity index (χ2v) is 6.61. The van der Waals surface area contributed by atoms with Crippen LogP contribution in [0, 0.1) is 5.92 Å². The van der Waals surface area contributed by atoms with Gasteiger partial charge in [-0.25, -0.2) is 0 Å². The van der Waals surface area contributed by atoms with Crippen molar-refractivity contribution in [3.8, 4) is 0 Å². The Labute approximate surface area is 113 Å². The highest BCUT2D eigenvalue weighted by atomic mass is 32.2. The smallest absolute Gasteiger partial charge is 0.317 e. The van der Waals surface area contributed by atoms with Gasteiger partial charge in [-0.05, 0) is 12.8 Å². The maximum absolute atomic E-state index is 11.3. The summed E-state index contributed by atoms with van der Waals surface area (Å²) in [4.78, 5) is 22.2. The fourth-order valence-electron chi connectivity index (χ4n) is 2.21. The van der Waals surface area contributed by atoms with E-state index in [0.717, 1.165) is 19.3 Å². The molecule has 1 saturated heterocycles. The number of ether oxygens (including phenoxy) is 1. The van der Waals surface area contributed by atoms with Crippen molar-refractivity contribution in [3.05, 3.63) is 0 Å². The minimum Gasteiger partial charge on any atom is -0.393 e. The zero-order valence-electron chi connectivity index (χ0n) is 11.0. The van der Waals surface area contributed by atoms with Crippen molar-refractivity contribution in [1.82, 2.24) is 0 Å². The van der Waals surface area contributed by atoms with Gasteiger partial charge in [0.1, 0.15) is 0 Å². The molecule has 7 heteroatoms. The number of carbonyl (C=O) groups is 2. The van der Waals surface area contributed by atoms with Crippen LogP contribution in [0.2, 0.25) is 0 Å². The molecule has 0 aromatic heterocycles. The van der Waals surface area contributed by atoms with Gasteiger partial charge in [-0.2, -0.15) is 8.42 Å². The van der Waals surface area contributed by atoms with Crippen molar-refractivity contribution in [2.24, 2.45) is 5.92 Å². The lowest BCUT2D eigenvalue weighted by Gasteiger charge is -2.15. The molecule has 2 unspecified atom stereocenters. The molecule has 0 bridgehead atoms. The number of cyclic esters (lactones) is 2. The van der Waals surface area contributed by atoms with Crippen LogP contribution >= 0.6 is 0 Å². The molecule has 1 heterocycles. The van der Waals surface area contributed by atoms with Crippen LogP contribution in [-0.2, 0) is 24.4 Å². The molecule has 0 saturated carbocycles. The number of esters is 2. The van der Waals surface area contributed by atoms with Crippen molar-refractivity contribution < 1.29 is 27.3 Å². The largest absolute Gasteiger partial charge is 0.393 e. The fraction of sp³-hybridized carbons (Fsp3) is 0.833. The van der Waals surface area contributed by atoms with Crippen LogP contribution in [0.5, 0.6) is 0 Å². The van der Waals surface area contributed by atoms with Crippen LogP contribution in [-0.4, -0.2) is 30.2 Å². The fourth-order valence-corrected chi connectivity index (χ4v) is 3.15. The Bertz CT molecular complexity index is 428. The normalized spacial score (nSPS) is 21.5. The quantitative estimate of drug-likeness (QED) is 0.316. The highest BCUT2D eigenvalue weighted by molar-refractivity contribution is 7.86. The van der Waals surface area contributed by atoms with E-state index in [4.69, 9.17) is 0 Å². The molecule has 1 aliphatic rings. The Hall–Kier alpha value is -0.950. The van der Waals surface area contributed by atoms with Gasteiger partial charge in [-0.1, -0.05) is 32.6 Å². The van der Waals surface area contributed by atoms with Crippen LogP contribution in [0.25, 0.3) is 0 Å². The maximum atomic E-state index is 11.3. The first-order valence-electron chi connectivity index (χ1n) is 6.55. The molecule has 19 heavy (non-hydrogen) atoms. The molecule has 1 aliphatic heterocycles. The molecule has 0 aromatic carbocycles. The number of carbonyl (C=O) groups excluding carboxylic acids is 2. The van der Waals surface area contributed by atoms with Crippen LogP contribution in [0.4, 0.5) is 0 Å². The number of rotatable bonds is 8. The molecular formula is C12H20O6S. The number of hydrogen-bond donors (Lipinski definition) is 1. The third-order valence-corrected chi connectivity index (χ3v) is 4.58. The van der Waals surface area contributed by atoms with Crippen molar-refractivity contribution in [2.75, 3.05) is 0 Å². The van der Waals surface area contributed by atoms with E-state index in [9.17, 15) is 22.6 Å². The summed E-state index contributed by atoms with van der Waals surface area (Å²) < 4.78 is 36.1. The standard InChI is InChI=1S/C12H20O6S/c1-2-3-4-5-6-10(19(15,16)17)7-9-8-11(13)18-12(9)14/h9-10H,2-8H2,1H3,(H,15,16,17). The van der Waals surface area contributed by atoms with Crippen LogP contribution < -0.4 is 0 Å². The Morgan fingerprint density at radius 1 is 1.32 bits per heavy atom. The van der Waals surface area contributed by atoms with E-state index in [1.165, 1.54) is 0 Å². The van der Waals surface area contributed by atoms with E-state index in [-0.39, 0.29) is 12.8 Å². The predicted molar refractivity (Wildman–Crippen MR) is 67.9 cm³/mol. The highest BCUT2D eigenvalue weighted by Gasteiger charge is 2.37. The van der Waals surface area contributed by atoms with Gasteiger partial charge in [0.2, 0.25) is 0 Å². The summed E-state index contributed by atoms with van der Waals surface area (Å²) >= 11 is 0. The van der Waals surface area contributed by atoms with Crippen LogP contribution in [0.3, 0.4) is 0 Å². The van der Waals surface area contributed by atoms with E-state index in [1.807, 2.05) is 6.92 Å². The van der Waals surface area contributed by atoms with E-state index in [2.05, 4.69) is 4.74 Å². The average molecular weight is 292 g/mol. The van der Waals surface area contributed by atoms with E-state index < -0.39 is 33.2 Å². The average Bonchev–Trinajstić information content (AvgIpc) is 2.60. The van der Waals surface area contributed by atoms with Crippen LogP contribution in [0.1, 0.15) is 51.9 Å². The second-order valence-electron chi connectivity index (χ2n) is 4.92. The molecular weight excluding hydrogens is 272 g/mol. The Morgan fingerprint density at radius 2 is 2.00 bits per heavy atom. The van der Waals surface area contributed by atoms with Crippen molar-refractivity contribution in [3.63, 3.8) is 0 Å².